The third-order valence-corrected chi connectivity index (χ3v) is 1.17. The molecule has 1 aromatic heterocycles. The molecule has 0 bridgehead atoms. The highest BCUT2D eigenvalue weighted by molar-refractivity contribution is 5.85. The Morgan fingerprint density at radius 2 is 2.42 bits per heavy atom. The average molecular weight is 193 g/mol. The fourth-order valence-electron chi connectivity index (χ4n) is 0.678. The van der Waals surface area contributed by atoms with Crippen molar-refractivity contribution in [1.29, 1.82) is 0 Å². The lowest BCUT2D eigenvalue weighted by molar-refractivity contribution is 0.0652. The molecule has 0 amide bonds. The van der Waals surface area contributed by atoms with E-state index in [1.165, 1.54) is 6.07 Å². The molecule has 1 rings (SSSR count). The van der Waals surface area contributed by atoms with Crippen molar-refractivity contribution >= 4 is 18.4 Å². The van der Waals surface area contributed by atoms with E-state index in [1.54, 1.807) is 0 Å². The fraction of sp³-hybridized carbons (Fsp3) is 0.333. The highest BCUT2D eigenvalue weighted by atomic mass is 35.5. The minimum atomic E-state index is -1.11. The molecule has 5 nitrogen and oxygen atoms in total. The topological polar surface area (TPSA) is 89.4 Å². The smallest absolute Gasteiger partial charge is 0.374 e. The summed E-state index contributed by atoms with van der Waals surface area (Å²) in [5.74, 6) is -1.26. The molecule has 3 N–H and O–H groups in total. The van der Waals surface area contributed by atoms with Crippen molar-refractivity contribution in [2.24, 2.45) is 5.73 Å². The van der Waals surface area contributed by atoms with Gasteiger partial charge in [0.05, 0.1) is 5.69 Å². The lowest BCUT2D eigenvalue weighted by Gasteiger charge is -1.83. The van der Waals surface area contributed by atoms with Crippen LogP contribution in [0.4, 0.5) is 0 Å². The van der Waals surface area contributed by atoms with E-state index in [9.17, 15) is 4.79 Å². The molecule has 0 spiro atoms. The Kier molecular flexibility index (Phi) is 4.31. The first-order valence-electron chi connectivity index (χ1n) is 3.13. The second kappa shape index (κ2) is 4.74. The first-order chi connectivity index (χ1) is 5.24. The normalized spacial score (nSPS) is 9.08. The van der Waals surface area contributed by atoms with Gasteiger partial charge in [0.25, 0.3) is 0 Å². The molecule has 0 aliphatic heterocycles. The number of aromatic nitrogens is 1. The summed E-state index contributed by atoms with van der Waals surface area (Å²) in [4.78, 5) is 10.3. The largest absolute Gasteiger partial charge is 0.475 e. The Hall–Kier alpha value is -1.07. The molecule has 0 aliphatic rings. The molecule has 0 fully saturated rings. The number of nitrogens with zero attached hydrogens (tertiary/aromatic N) is 1. The zero-order valence-electron chi connectivity index (χ0n) is 6.19. The van der Waals surface area contributed by atoms with Gasteiger partial charge in [0.15, 0.2) is 0 Å². The minimum absolute atomic E-state index is 0. The van der Waals surface area contributed by atoms with Crippen LogP contribution in [0.25, 0.3) is 0 Å². The third-order valence-electron chi connectivity index (χ3n) is 1.17. The number of nitrogens with two attached hydrogens (primary N) is 1. The molecule has 12 heavy (non-hydrogen) atoms. The van der Waals surface area contributed by atoms with E-state index >= 15 is 0 Å². The standard InChI is InChI=1S/C6H8N2O3.ClH/c7-2-1-4-3-5(6(9)10)11-8-4;/h3H,1-2,7H2,(H,9,10);1H. The highest BCUT2D eigenvalue weighted by Crippen LogP contribution is 2.02. The number of carboxylic acids is 1. The highest BCUT2D eigenvalue weighted by Gasteiger charge is 2.09. The van der Waals surface area contributed by atoms with Gasteiger partial charge in [-0.15, -0.1) is 12.4 Å². The van der Waals surface area contributed by atoms with Gasteiger partial charge in [-0.25, -0.2) is 4.79 Å². The summed E-state index contributed by atoms with van der Waals surface area (Å²) < 4.78 is 4.47. The maximum absolute atomic E-state index is 10.3. The SMILES string of the molecule is Cl.NCCc1cc(C(=O)O)on1. The van der Waals surface area contributed by atoms with Gasteiger partial charge >= 0.3 is 5.97 Å². The Balaban J connectivity index is 0.00000121. The predicted octanol–water partition coefficient (Wildman–Crippen LogP) is 0.296. The second-order valence-electron chi connectivity index (χ2n) is 2.03. The van der Waals surface area contributed by atoms with Crippen LogP contribution in [0.3, 0.4) is 0 Å². The number of carbonyl (C=O) groups is 1. The number of hydrogen-bond donors (Lipinski definition) is 2. The molecule has 0 saturated heterocycles. The molecule has 0 aromatic carbocycles. The minimum Gasteiger partial charge on any atom is -0.475 e. The maximum atomic E-state index is 10.3. The monoisotopic (exact) mass is 192 g/mol. The first kappa shape index (κ1) is 10.9. The van der Waals surface area contributed by atoms with Crippen LogP contribution < -0.4 is 5.73 Å². The molecule has 0 radical (unpaired) electrons. The van der Waals surface area contributed by atoms with Gasteiger partial charge in [0, 0.05) is 12.5 Å². The number of hydrogen-bond acceptors (Lipinski definition) is 4. The summed E-state index contributed by atoms with van der Waals surface area (Å²) in [6, 6.07) is 1.37. The second-order valence-corrected chi connectivity index (χ2v) is 2.03. The van der Waals surface area contributed by atoms with Crippen LogP contribution in [-0.4, -0.2) is 22.8 Å². The molecular formula is C6H9ClN2O3. The molecule has 1 heterocycles. The van der Waals surface area contributed by atoms with Crippen molar-refractivity contribution in [2.75, 3.05) is 6.54 Å². The van der Waals surface area contributed by atoms with E-state index in [0.29, 0.717) is 18.7 Å². The fourth-order valence-corrected chi connectivity index (χ4v) is 0.678. The van der Waals surface area contributed by atoms with Crippen LogP contribution in [0, 0.1) is 0 Å². The Morgan fingerprint density at radius 1 is 1.75 bits per heavy atom. The van der Waals surface area contributed by atoms with E-state index in [1.807, 2.05) is 0 Å². The summed E-state index contributed by atoms with van der Waals surface area (Å²) in [7, 11) is 0. The van der Waals surface area contributed by atoms with Crippen LogP contribution in [0.2, 0.25) is 0 Å². The number of rotatable bonds is 3. The lowest BCUT2D eigenvalue weighted by Crippen LogP contribution is -2.02. The van der Waals surface area contributed by atoms with Crippen LogP contribution in [-0.2, 0) is 6.42 Å². The van der Waals surface area contributed by atoms with Gasteiger partial charge in [-0.2, -0.15) is 0 Å². The Bertz CT molecular complexity index is 261. The molecule has 0 aliphatic carbocycles. The predicted molar refractivity (Wildman–Crippen MR) is 43.5 cm³/mol. The van der Waals surface area contributed by atoms with E-state index in [4.69, 9.17) is 10.8 Å². The van der Waals surface area contributed by atoms with Crippen LogP contribution in [0.1, 0.15) is 16.2 Å². The van der Waals surface area contributed by atoms with Crippen LogP contribution in [0.5, 0.6) is 0 Å². The molecular weight excluding hydrogens is 184 g/mol. The van der Waals surface area contributed by atoms with Gasteiger partial charge < -0.3 is 15.4 Å². The summed E-state index contributed by atoms with van der Waals surface area (Å²) in [6.07, 6.45) is 0.538. The van der Waals surface area contributed by atoms with Crippen LogP contribution in [0.15, 0.2) is 10.6 Å². The third kappa shape index (κ3) is 2.52. The Morgan fingerprint density at radius 3 is 2.83 bits per heavy atom. The summed E-state index contributed by atoms with van der Waals surface area (Å²) in [6.45, 7) is 0.436. The molecule has 1 aromatic rings. The molecule has 6 heteroatoms. The van der Waals surface area contributed by atoms with Gasteiger partial charge in [0.1, 0.15) is 0 Å². The molecule has 0 atom stereocenters. The zero-order valence-corrected chi connectivity index (χ0v) is 7.00. The molecule has 0 unspecified atom stereocenters. The average Bonchev–Trinajstić information content (AvgIpc) is 2.37. The zero-order chi connectivity index (χ0) is 8.27. The van der Waals surface area contributed by atoms with Gasteiger partial charge in [-0.1, -0.05) is 5.16 Å². The van der Waals surface area contributed by atoms with Crippen LogP contribution >= 0.6 is 12.4 Å². The number of aromatic carboxylic acids is 1. The molecule has 68 valence electrons. The van der Waals surface area contributed by atoms with E-state index < -0.39 is 5.97 Å². The lowest BCUT2D eigenvalue weighted by atomic mass is 10.3. The number of halogens is 1. The van der Waals surface area contributed by atoms with Gasteiger partial charge in [-0.3, -0.25) is 0 Å². The quantitative estimate of drug-likeness (QED) is 0.719. The first-order valence-corrected chi connectivity index (χ1v) is 3.13. The van der Waals surface area contributed by atoms with Crippen molar-refractivity contribution in [1.82, 2.24) is 5.16 Å². The van der Waals surface area contributed by atoms with E-state index in [-0.39, 0.29) is 18.2 Å². The van der Waals surface area contributed by atoms with E-state index in [0.717, 1.165) is 0 Å². The van der Waals surface area contributed by atoms with Crippen molar-refractivity contribution in [3.8, 4) is 0 Å². The maximum Gasteiger partial charge on any atom is 0.374 e. The summed E-state index contributed by atoms with van der Waals surface area (Å²) in [5.41, 5.74) is 5.79. The van der Waals surface area contributed by atoms with Crippen molar-refractivity contribution in [3.05, 3.63) is 17.5 Å². The molecule has 0 saturated carbocycles. The van der Waals surface area contributed by atoms with Gasteiger partial charge in [-0.05, 0) is 6.54 Å². The van der Waals surface area contributed by atoms with Crippen molar-refractivity contribution in [2.45, 2.75) is 6.42 Å². The van der Waals surface area contributed by atoms with Gasteiger partial charge in [0.2, 0.25) is 5.76 Å². The Labute approximate surface area is 74.9 Å². The number of carboxylic acid groups (broad SMARTS) is 1. The summed E-state index contributed by atoms with van der Waals surface area (Å²) in [5, 5.41) is 11.9. The van der Waals surface area contributed by atoms with Crippen molar-refractivity contribution < 1.29 is 14.4 Å². The van der Waals surface area contributed by atoms with E-state index in [2.05, 4.69) is 9.68 Å². The summed E-state index contributed by atoms with van der Waals surface area (Å²) >= 11 is 0. The van der Waals surface area contributed by atoms with Crippen molar-refractivity contribution in [3.63, 3.8) is 0 Å².